The average molecular weight is 299 g/mol. The molecular formula is C15H27ClN4. The molecule has 1 N–H and O–H groups in total. The summed E-state index contributed by atoms with van der Waals surface area (Å²) in [6, 6.07) is 0.763. The summed E-state index contributed by atoms with van der Waals surface area (Å²) in [6.45, 7) is 8.69. The first-order valence-electron chi connectivity index (χ1n) is 7.72. The first-order valence-corrected chi connectivity index (χ1v) is 8.10. The summed E-state index contributed by atoms with van der Waals surface area (Å²) in [5, 5.41) is 8.57. The Morgan fingerprint density at radius 1 is 1.40 bits per heavy atom. The maximum Gasteiger partial charge on any atom is 0.131 e. The van der Waals surface area contributed by atoms with Crippen LogP contribution in [0.4, 0.5) is 0 Å². The van der Waals surface area contributed by atoms with Crippen LogP contribution in [0.25, 0.3) is 0 Å². The summed E-state index contributed by atoms with van der Waals surface area (Å²) in [6.07, 6.45) is 5.32. The van der Waals surface area contributed by atoms with Crippen LogP contribution in [0.1, 0.15) is 43.9 Å². The second-order valence-corrected chi connectivity index (χ2v) is 6.25. The molecule has 0 bridgehead atoms. The Morgan fingerprint density at radius 3 is 2.85 bits per heavy atom. The van der Waals surface area contributed by atoms with Crippen LogP contribution >= 0.6 is 11.6 Å². The number of nitrogens with zero attached hydrogens (tertiary/aromatic N) is 3. The minimum absolute atomic E-state index is 0.750. The molecule has 2 heterocycles. The zero-order valence-corrected chi connectivity index (χ0v) is 13.7. The van der Waals surface area contributed by atoms with Gasteiger partial charge < -0.3 is 10.2 Å². The molecule has 114 valence electrons. The maximum atomic E-state index is 6.22. The van der Waals surface area contributed by atoms with Crippen molar-refractivity contribution in [1.82, 2.24) is 20.0 Å². The van der Waals surface area contributed by atoms with Crippen LogP contribution in [0.15, 0.2) is 0 Å². The fourth-order valence-corrected chi connectivity index (χ4v) is 3.23. The number of aromatic nitrogens is 2. The number of hydrogen-bond acceptors (Lipinski definition) is 3. The smallest absolute Gasteiger partial charge is 0.131 e. The lowest BCUT2D eigenvalue weighted by atomic mass is 10.0. The second kappa shape index (κ2) is 7.43. The summed E-state index contributed by atoms with van der Waals surface area (Å²) in [4.78, 5) is 2.62. The molecule has 0 aliphatic carbocycles. The van der Waals surface area contributed by atoms with Crippen molar-refractivity contribution in [3.05, 3.63) is 16.4 Å². The third kappa shape index (κ3) is 3.96. The lowest BCUT2D eigenvalue weighted by molar-refractivity contribution is 0.159. The van der Waals surface area contributed by atoms with Gasteiger partial charge in [-0.05, 0) is 52.7 Å². The molecule has 1 aromatic rings. The van der Waals surface area contributed by atoms with Gasteiger partial charge in [0.2, 0.25) is 0 Å². The summed E-state index contributed by atoms with van der Waals surface area (Å²) < 4.78 is 1.74. The van der Waals surface area contributed by atoms with E-state index < -0.39 is 0 Å². The molecule has 1 aliphatic heterocycles. The SMILES string of the molecule is Cc1nn(C)c(Cl)c1CNCCCN1CCCCC1C. The Morgan fingerprint density at radius 2 is 2.20 bits per heavy atom. The Bertz CT molecular complexity index is 430. The average Bonchev–Trinajstić information content (AvgIpc) is 2.66. The van der Waals surface area contributed by atoms with Gasteiger partial charge in [0.25, 0.3) is 0 Å². The molecule has 1 fully saturated rings. The summed E-state index contributed by atoms with van der Waals surface area (Å²) in [5.74, 6) is 0. The Labute approximate surface area is 127 Å². The topological polar surface area (TPSA) is 33.1 Å². The van der Waals surface area contributed by atoms with Crippen molar-refractivity contribution in [3.63, 3.8) is 0 Å². The zero-order chi connectivity index (χ0) is 14.5. The van der Waals surface area contributed by atoms with Crippen LogP contribution in [-0.2, 0) is 13.6 Å². The number of aryl methyl sites for hydroxylation is 2. The van der Waals surface area contributed by atoms with Crippen LogP contribution in [-0.4, -0.2) is 40.4 Å². The highest BCUT2D eigenvalue weighted by atomic mass is 35.5. The molecule has 2 rings (SSSR count). The van der Waals surface area contributed by atoms with E-state index in [0.717, 1.165) is 35.5 Å². The summed E-state index contributed by atoms with van der Waals surface area (Å²) in [5.41, 5.74) is 2.15. The first-order chi connectivity index (χ1) is 9.59. The molecule has 1 saturated heterocycles. The van der Waals surface area contributed by atoms with E-state index in [1.165, 1.54) is 38.8 Å². The van der Waals surface area contributed by atoms with Crippen LogP contribution < -0.4 is 5.32 Å². The van der Waals surface area contributed by atoms with Crippen molar-refractivity contribution in [2.75, 3.05) is 19.6 Å². The highest BCUT2D eigenvalue weighted by Gasteiger charge is 2.17. The Kier molecular flexibility index (Phi) is 5.87. The van der Waals surface area contributed by atoms with Gasteiger partial charge in [-0.1, -0.05) is 18.0 Å². The predicted molar refractivity (Wildman–Crippen MR) is 84.2 cm³/mol. The molecule has 0 saturated carbocycles. The third-order valence-electron chi connectivity index (χ3n) is 4.31. The lowest BCUT2D eigenvalue weighted by Gasteiger charge is -2.33. The molecule has 1 aromatic heterocycles. The third-order valence-corrected chi connectivity index (χ3v) is 4.78. The van der Waals surface area contributed by atoms with Gasteiger partial charge in [-0.15, -0.1) is 0 Å². The van der Waals surface area contributed by atoms with Crippen molar-refractivity contribution in [2.45, 2.75) is 52.1 Å². The van der Waals surface area contributed by atoms with Crippen molar-refractivity contribution >= 4 is 11.6 Å². The molecule has 20 heavy (non-hydrogen) atoms. The van der Waals surface area contributed by atoms with E-state index in [2.05, 4.69) is 22.2 Å². The molecule has 0 aromatic carbocycles. The number of piperidine rings is 1. The highest BCUT2D eigenvalue weighted by molar-refractivity contribution is 6.30. The highest BCUT2D eigenvalue weighted by Crippen LogP contribution is 2.18. The van der Waals surface area contributed by atoms with E-state index in [1.54, 1.807) is 4.68 Å². The van der Waals surface area contributed by atoms with E-state index in [9.17, 15) is 0 Å². The first kappa shape index (κ1) is 15.8. The number of rotatable bonds is 6. The van der Waals surface area contributed by atoms with E-state index in [4.69, 9.17) is 11.6 Å². The molecule has 1 aliphatic rings. The van der Waals surface area contributed by atoms with E-state index in [0.29, 0.717) is 0 Å². The maximum absolute atomic E-state index is 6.22. The standard InChI is InChI=1S/C15H27ClN4/c1-12-7-4-5-9-20(12)10-6-8-17-11-14-13(2)18-19(3)15(14)16/h12,17H,4-11H2,1-3H3. The Hall–Kier alpha value is -0.580. The van der Waals surface area contributed by atoms with Gasteiger partial charge in [0.1, 0.15) is 5.15 Å². The van der Waals surface area contributed by atoms with Gasteiger partial charge in [0.15, 0.2) is 0 Å². The predicted octanol–water partition coefficient (Wildman–Crippen LogP) is 2.74. The zero-order valence-electron chi connectivity index (χ0n) is 13.0. The second-order valence-electron chi connectivity index (χ2n) is 5.89. The van der Waals surface area contributed by atoms with Crippen molar-refractivity contribution in [1.29, 1.82) is 0 Å². The number of hydrogen-bond donors (Lipinski definition) is 1. The lowest BCUT2D eigenvalue weighted by Crippen LogP contribution is -2.38. The van der Waals surface area contributed by atoms with Crippen LogP contribution in [0.5, 0.6) is 0 Å². The minimum atomic E-state index is 0.750. The van der Waals surface area contributed by atoms with Crippen molar-refractivity contribution < 1.29 is 0 Å². The van der Waals surface area contributed by atoms with Crippen LogP contribution in [0.3, 0.4) is 0 Å². The van der Waals surface area contributed by atoms with E-state index in [-0.39, 0.29) is 0 Å². The number of likely N-dealkylation sites (tertiary alicyclic amines) is 1. The minimum Gasteiger partial charge on any atom is -0.312 e. The van der Waals surface area contributed by atoms with Gasteiger partial charge in [-0.3, -0.25) is 4.68 Å². The number of nitrogens with one attached hydrogen (secondary N) is 1. The summed E-state index contributed by atoms with van der Waals surface area (Å²) in [7, 11) is 1.89. The monoisotopic (exact) mass is 298 g/mol. The molecule has 4 nitrogen and oxygen atoms in total. The molecular weight excluding hydrogens is 272 g/mol. The quantitative estimate of drug-likeness (QED) is 0.820. The van der Waals surface area contributed by atoms with Gasteiger partial charge in [-0.25, -0.2) is 0 Å². The van der Waals surface area contributed by atoms with Gasteiger partial charge in [-0.2, -0.15) is 5.10 Å². The van der Waals surface area contributed by atoms with Gasteiger partial charge in [0.05, 0.1) is 5.69 Å². The van der Waals surface area contributed by atoms with Gasteiger partial charge >= 0.3 is 0 Å². The molecule has 1 unspecified atom stereocenters. The fourth-order valence-electron chi connectivity index (χ4n) is 2.99. The van der Waals surface area contributed by atoms with E-state index in [1.807, 2.05) is 14.0 Å². The molecule has 0 spiro atoms. The molecule has 0 radical (unpaired) electrons. The van der Waals surface area contributed by atoms with E-state index >= 15 is 0 Å². The molecule has 0 amide bonds. The Balaban J connectivity index is 1.66. The van der Waals surface area contributed by atoms with Crippen molar-refractivity contribution in [2.24, 2.45) is 7.05 Å². The normalized spacial score (nSPS) is 20.5. The van der Waals surface area contributed by atoms with Crippen LogP contribution in [0, 0.1) is 6.92 Å². The van der Waals surface area contributed by atoms with Crippen LogP contribution in [0.2, 0.25) is 5.15 Å². The van der Waals surface area contributed by atoms with Gasteiger partial charge in [0, 0.05) is 25.2 Å². The van der Waals surface area contributed by atoms with Crippen molar-refractivity contribution in [3.8, 4) is 0 Å². The fraction of sp³-hybridized carbons (Fsp3) is 0.800. The largest absolute Gasteiger partial charge is 0.312 e. The summed E-state index contributed by atoms with van der Waals surface area (Å²) >= 11 is 6.22. The molecule has 5 heteroatoms. The molecule has 1 atom stereocenters. The number of halogens is 1.